The Hall–Kier alpha value is -2.74. The molecular weight excluding hydrogens is 398 g/mol. The highest BCUT2D eigenvalue weighted by Crippen LogP contribution is 2.32. The molecule has 3 fully saturated rings. The van der Waals surface area contributed by atoms with Crippen LogP contribution in [0.25, 0.3) is 0 Å². The van der Waals surface area contributed by atoms with Gasteiger partial charge in [0.2, 0.25) is 11.8 Å². The number of benzene rings is 1. The lowest BCUT2D eigenvalue weighted by Gasteiger charge is -2.34. The molecule has 4 rings (SSSR count). The van der Waals surface area contributed by atoms with Crippen molar-refractivity contribution in [2.75, 3.05) is 19.8 Å². The van der Waals surface area contributed by atoms with Crippen LogP contribution in [0.1, 0.15) is 44.1 Å². The molecule has 0 saturated carbocycles. The minimum absolute atomic E-state index is 0.0283. The van der Waals surface area contributed by atoms with Crippen molar-refractivity contribution in [3.63, 3.8) is 0 Å². The molecule has 0 aromatic heterocycles. The number of morpholine rings is 1. The molecule has 1 N–H and O–H groups in total. The summed E-state index contributed by atoms with van der Waals surface area (Å²) >= 11 is 0. The SMILES string of the molecule is O=C1CCCC[C@H]2[C@@H](C[C@@H](Cc3ccccc3)N2C(=O)CCN2C(=O)COCC2=O)N1. The van der Waals surface area contributed by atoms with Gasteiger partial charge in [-0.2, -0.15) is 0 Å². The van der Waals surface area contributed by atoms with Gasteiger partial charge in [0.25, 0.3) is 11.8 Å². The van der Waals surface area contributed by atoms with Gasteiger partial charge in [-0.3, -0.25) is 24.1 Å². The third-order valence-corrected chi connectivity index (χ3v) is 6.45. The van der Waals surface area contributed by atoms with Crippen molar-refractivity contribution in [3.05, 3.63) is 35.9 Å². The van der Waals surface area contributed by atoms with E-state index in [9.17, 15) is 19.2 Å². The highest BCUT2D eigenvalue weighted by atomic mass is 16.5. The first-order valence-electron chi connectivity index (χ1n) is 11.1. The van der Waals surface area contributed by atoms with E-state index in [-0.39, 0.29) is 56.1 Å². The Kier molecular flexibility index (Phi) is 6.65. The Morgan fingerprint density at radius 3 is 2.55 bits per heavy atom. The van der Waals surface area contributed by atoms with Crippen molar-refractivity contribution < 1.29 is 23.9 Å². The van der Waals surface area contributed by atoms with Crippen molar-refractivity contribution in [2.45, 2.75) is 63.1 Å². The van der Waals surface area contributed by atoms with Crippen molar-refractivity contribution in [2.24, 2.45) is 0 Å². The molecular formula is C23H29N3O5. The summed E-state index contributed by atoms with van der Waals surface area (Å²) in [5, 5.41) is 3.13. The summed E-state index contributed by atoms with van der Waals surface area (Å²) in [5.41, 5.74) is 1.14. The van der Waals surface area contributed by atoms with Crippen LogP contribution in [0.3, 0.4) is 0 Å². The lowest BCUT2D eigenvalue weighted by molar-refractivity contribution is -0.158. The second-order valence-corrected chi connectivity index (χ2v) is 8.55. The topological polar surface area (TPSA) is 96.0 Å². The van der Waals surface area contributed by atoms with E-state index < -0.39 is 11.8 Å². The fraction of sp³-hybridized carbons (Fsp3) is 0.565. The van der Waals surface area contributed by atoms with E-state index in [4.69, 9.17) is 4.74 Å². The lowest BCUT2D eigenvalue weighted by Crippen LogP contribution is -2.51. The molecule has 0 bridgehead atoms. The molecule has 3 aliphatic rings. The lowest BCUT2D eigenvalue weighted by atomic mass is 9.97. The molecule has 0 radical (unpaired) electrons. The molecule has 1 aromatic rings. The highest BCUT2D eigenvalue weighted by molar-refractivity contribution is 5.98. The van der Waals surface area contributed by atoms with Crippen molar-refractivity contribution in [1.29, 1.82) is 0 Å². The number of carbonyl (C=O) groups excluding carboxylic acids is 4. The van der Waals surface area contributed by atoms with Gasteiger partial charge in [0.05, 0.1) is 12.1 Å². The first kappa shape index (κ1) is 21.5. The van der Waals surface area contributed by atoms with Crippen molar-refractivity contribution >= 4 is 23.6 Å². The Morgan fingerprint density at radius 1 is 1.06 bits per heavy atom. The van der Waals surface area contributed by atoms with Crippen LogP contribution in [-0.4, -0.2) is 71.3 Å². The smallest absolute Gasteiger partial charge is 0.255 e. The predicted molar refractivity (Wildman–Crippen MR) is 112 cm³/mol. The van der Waals surface area contributed by atoms with Crippen LogP contribution in [0.4, 0.5) is 0 Å². The molecule has 166 valence electrons. The van der Waals surface area contributed by atoms with Gasteiger partial charge in [-0.15, -0.1) is 0 Å². The van der Waals surface area contributed by atoms with Crippen LogP contribution in [-0.2, 0) is 30.3 Å². The zero-order valence-corrected chi connectivity index (χ0v) is 17.6. The van der Waals surface area contributed by atoms with Crippen LogP contribution in [0.2, 0.25) is 0 Å². The van der Waals surface area contributed by atoms with Gasteiger partial charge in [-0.1, -0.05) is 36.8 Å². The summed E-state index contributed by atoms with van der Waals surface area (Å²) in [7, 11) is 0. The molecule has 0 unspecified atom stereocenters. The average molecular weight is 428 g/mol. The minimum Gasteiger partial charge on any atom is -0.362 e. The normalized spacial score (nSPS) is 26.8. The van der Waals surface area contributed by atoms with Gasteiger partial charge in [-0.05, 0) is 31.2 Å². The summed E-state index contributed by atoms with van der Waals surface area (Å²) in [5.74, 6) is -0.827. The van der Waals surface area contributed by atoms with E-state index >= 15 is 0 Å². The van der Waals surface area contributed by atoms with E-state index in [0.717, 1.165) is 29.7 Å². The number of carbonyl (C=O) groups is 4. The van der Waals surface area contributed by atoms with E-state index in [1.54, 1.807) is 0 Å². The second kappa shape index (κ2) is 9.60. The number of hydrogen-bond donors (Lipinski definition) is 1. The fourth-order valence-electron chi connectivity index (χ4n) is 5.00. The standard InChI is InChI=1S/C23H29N3O5/c27-20-9-5-4-8-19-18(24-20)13-17(12-16-6-2-1-3-7-16)26(19)21(28)10-11-25-22(29)14-31-15-23(25)30/h1-3,6-7,17-19H,4-5,8-15H2,(H,24,27)/t17-,18-,19+/m1/s1. The van der Waals surface area contributed by atoms with Crippen LogP contribution in [0.15, 0.2) is 30.3 Å². The number of nitrogens with one attached hydrogen (secondary N) is 1. The number of fused-ring (bicyclic) bond motifs is 1. The quantitative estimate of drug-likeness (QED) is 0.709. The second-order valence-electron chi connectivity index (χ2n) is 8.55. The first-order valence-corrected chi connectivity index (χ1v) is 11.1. The van der Waals surface area contributed by atoms with Gasteiger partial charge in [-0.25, -0.2) is 0 Å². The number of amides is 4. The van der Waals surface area contributed by atoms with Crippen molar-refractivity contribution in [3.8, 4) is 0 Å². The largest absolute Gasteiger partial charge is 0.362 e. The number of likely N-dealkylation sites (tertiary alicyclic amines) is 1. The number of hydrogen-bond acceptors (Lipinski definition) is 5. The maximum atomic E-state index is 13.4. The molecule has 31 heavy (non-hydrogen) atoms. The maximum Gasteiger partial charge on any atom is 0.255 e. The van der Waals surface area contributed by atoms with Gasteiger partial charge in [0.15, 0.2) is 0 Å². The number of ether oxygens (including phenoxy) is 1. The average Bonchev–Trinajstić information content (AvgIpc) is 3.05. The number of imide groups is 1. The van der Waals surface area contributed by atoms with E-state index in [0.29, 0.717) is 19.3 Å². The zero-order valence-electron chi connectivity index (χ0n) is 17.6. The van der Waals surface area contributed by atoms with Crippen molar-refractivity contribution in [1.82, 2.24) is 15.1 Å². The van der Waals surface area contributed by atoms with Gasteiger partial charge in [0.1, 0.15) is 13.2 Å². The Bertz CT molecular complexity index is 827. The van der Waals surface area contributed by atoms with Gasteiger partial charge < -0.3 is 15.0 Å². The molecule has 8 heteroatoms. The molecule has 3 saturated heterocycles. The van der Waals surface area contributed by atoms with E-state index in [2.05, 4.69) is 5.32 Å². The van der Waals surface area contributed by atoms with E-state index in [1.807, 2.05) is 35.2 Å². The third-order valence-electron chi connectivity index (χ3n) is 6.45. The monoisotopic (exact) mass is 427 g/mol. The molecule has 0 spiro atoms. The fourth-order valence-corrected chi connectivity index (χ4v) is 5.00. The summed E-state index contributed by atoms with van der Waals surface area (Å²) in [6.07, 6.45) is 4.60. The third kappa shape index (κ3) is 4.95. The van der Waals surface area contributed by atoms with Crippen LogP contribution in [0.5, 0.6) is 0 Å². The maximum absolute atomic E-state index is 13.4. The molecule has 3 aliphatic heterocycles. The summed E-state index contributed by atoms with van der Waals surface area (Å²) in [4.78, 5) is 52.6. The van der Waals surface area contributed by atoms with Crippen LogP contribution in [0, 0.1) is 0 Å². The van der Waals surface area contributed by atoms with Crippen LogP contribution < -0.4 is 5.32 Å². The molecule has 1 aromatic carbocycles. The Balaban J connectivity index is 1.51. The van der Waals surface area contributed by atoms with E-state index in [1.165, 1.54) is 0 Å². The molecule has 3 atom stereocenters. The summed E-state index contributed by atoms with van der Waals surface area (Å²) < 4.78 is 4.94. The Morgan fingerprint density at radius 2 is 1.81 bits per heavy atom. The van der Waals surface area contributed by atoms with Gasteiger partial charge in [0, 0.05) is 25.4 Å². The Labute approximate surface area is 181 Å². The predicted octanol–water partition coefficient (Wildman–Crippen LogP) is 1.03. The minimum atomic E-state index is -0.401. The molecule has 0 aliphatic carbocycles. The molecule has 4 amide bonds. The molecule has 3 heterocycles. The van der Waals surface area contributed by atoms with Gasteiger partial charge >= 0.3 is 0 Å². The zero-order chi connectivity index (χ0) is 21.8. The summed E-state index contributed by atoms with van der Waals surface area (Å²) in [6, 6.07) is 9.89. The van der Waals surface area contributed by atoms with Crippen LogP contribution >= 0.6 is 0 Å². The highest BCUT2D eigenvalue weighted by Gasteiger charge is 2.44. The first-order chi connectivity index (χ1) is 15.0. The number of nitrogens with zero attached hydrogens (tertiary/aromatic N) is 2. The molecule has 8 nitrogen and oxygen atoms in total. The summed E-state index contributed by atoms with van der Waals surface area (Å²) in [6.45, 7) is -0.188. The number of rotatable bonds is 5.